The number of benzene rings is 1. The second-order valence-electron chi connectivity index (χ2n) is 7.48. The SMILES string of the molecule is Cn1cc(C(=O)N2CCN(c3ncnc4sccc34)CC2)c(-c2ccc([N+](=O)[O-])cc2)n1. The number of carbonyl (C=O) groups is 1. The van der Waals surface area contributed by atoms with Gasteiger partial charge in [-0.15, -0.1) is 11.3 Å². The molecule has 4 heterocycles. The molecule has 0 saturated carbocycles. The molecular formula is C21H19N7O3S. The molecule has 32 heavy (non-hydrogen) atoms. The van der Waals surface area contributed by atoms with Crippen molar-refractivity contribution in [2.75, 3.05) is 31.1 Å². The Bertz CT molecular complexity index is 1310. The topological polar surface area (TPSA) is 110 Å². The number of piperazine rings is 1. The summed E-state index contributed by atoms with van der Waals surface area (Å²) in [5, 5.41) is 18.4. The van der Waals surface area contributed by atoms with Gasteiger partial charge in [0.1, 0.15) is 22.7 Å². The Hall–Kier alpha value is -3.86. The predicted octanol–water partition coefficient (Wildman–Crippen LogP) is 2.96. The van der Waals surface area contributed by atoms with Gasteiger partial charge in [-0.05, 0) is 23.6 Å². The number of carbonyl (C=O) groups excluding carboxylic acids is 1. The van der Waals surface area contributed by atoms with Crippen molar-refractivity contribution in [3.05, 3.63) is 63.9 Å². The van der Waals surface area contributed by atoms with Crippen LogP contribution in [0, 0.1) is 10.1 Å². The van der Waals surface area contributed by atoms with Crippen LogP contribution in [0.15, 0.2) is 48.2 Å². The summed E-state index contributed by atoms with van der Waals surface area (Å²) in [6.45, 7) is 2.45. The first kappa shape index (κ1) is 20.1. The van der Waals surface area contributed by atoms with Crippen molar-refractivity contribution < 1.29 is 9.72 Å². The number of rotatable bonds is 4. The molecule has 1 aromatic carbocycles. The van der Waals surface area contributed by atoms with Gasteiger partial charge in [-0.3, -0.25) is 19.6 Å². The van der Waals surface area contributed by atoms with Gasteiger partial charge < -0.3 is 9.80 Å². The summed E-state index contributed by atoms with van der Waals surface area (Å²) in [6, 6.07) is 8.11. The summed E-state index contributed by atoms with van der Waals surface area (Å²) in [4.78, 5) is 37.5. The van der Waals surface area contributed by atoms with Gasteiger partial charge in [0.05, 0.1) is 15.9 Å². The maximum Gasteiger partial charge on any atom is 0.269 e. The minimum atomic E-state index is -0.449. The molecule has 0 aliphatic carbocycles. The number of hydrogen-bond acceptors (Lipinski definition) is 8. The van der Waals surface area contributed by atoms with Crippen molar-refractivity contribution in [1.29, 1.82) is 0 Å². The smallest absolute Gasteiger partial charge is 0.269 e. The highest BCUT2D eigenvalue weighted by atomic mass is 32.1. The van der Waals surface area contributed by atoms with Crippen LogP contribution in [-0.2, 0) is 7.05 Å². The zero-order chi connectivity index (χ0) is 22.2. The van der Waals surface area contributed by atoms with Gasteiger partial charge >= 0.3 is 0 Å². The van der Waals surface area contributed by atoms with Gasteiger partial charge in [0.25, 0.3) is 11.6 Å². The zero-order valence-electron chi connectivity index (χ0n) is 17.2. The average Bonchev–Trinajstić information content (AvgIpc) is 3.45. The molecule has 1 saturated heterocycles. The van der Waals surface area contributed by atoms with E-state index in [1.54, 1.807) is 47.7 Å². The van der Waals surface area contributed by atoms with Crippen LogP contribution in [0.1, 0.15) is 10.4 Å². The van der Waals surface area contributed by atoms with E-state index in [2.05, 4.69) is 20.0 Å². The van der Waals surface area contributed by atoms with E-state index in [0.717, 1.165) is 16.0 Å². The fourth-order valence-corrected chi connectivity index (χ4v) is 4.65. The monoisotopic (exact) mass is 449 g/mol. The van der Waals surface area contributed by atoms with Crippen molar-refractivity contribution in [3.8, 4) is 11.3 Å². The largest absolute Gasteiger partial charge is 0.352 e. The molecule has 0 atom stereocenters. The number of thiophene rings is 1. The normalized spacial score (nSPS) is 14.2. The Morgan fingerprint density at radius 1 is 1.09 bits per heavy atom. The lowest BCUT2D eigenvalue weighted by molar-refractivity contribution is -0.384. The number of nitrogens with zero attached hydrogens (tertiary/aromatic N) is 7. The quantitative estimate of drug-likeness (QED) is 0.348. The summed E-state index contributed by atoms with van der Waals surface area (Å²) >= 11 is 1.58. The van der Waals surface area contributed by atoms with Crippen molar-refractivity contribution in [2.45, 2.75) is 0 Å². The summed E-state index contributed by atoms with van der Waals surface area (Å²) in [7, 11) is 1.75. The number of aryl methyl sites for hydroxylation is 1. The highest BCUT2D eigenvalue weighted by Crippen LogP contribution is 2.29. The second kappa shape index (κ2) is 8.00. The number of non-ortho nitro benzene ring substituents is 1. The number of hydrogen-bond donors (Lipinski definition) is 0. The van der Waals surface area contributed by atoms with E-state index in [-0.39, 0.29) is 11.6 Å². The summed E-state index contributed by atoms with van der Waals surface area (Å²) in [5.41, 5.74) is 1.67. The van der Waals surface area contributed by atoms with Crippen LogP contribution in [0.25, 0.3) is 21.5 Å². The van der Waals surface area contributed by atoms with Crippen molar-refractivity contribution in [1.82, 2.24) is 24.6 Å². The molecule has 4 aromatic rings. The van der Waals surface area contributed by atoms with Crippen LogP contribution in [0.2, 0.25) is 0 Å². The first-order valence-corrected chi connectivity index (χ1v) is 10.9. The number of nitro groups is 1. The number of fused-ring (bicyclic) bond motifs is 1. The molecule has 1 aliphatic rings. The van der Waals surface area contributed by atoms with Gasteiger partial charge in [0.2, 0.25) is 0 Å². The fourth-order valence-electron chi connectivity index (χ4n) is 3.92. The van der Waals surface area contributed by atoms with E-state index in [4.69, 9.17) is 0 Å². The van der Waals surface area contributed by atoms with E-state index >= 15 is 0 Å². The van der Waals surface area contributed by atoms with Gasteiger partial charge in [-0.2, -0.15) is 5.10 Å². The van der Waals surface area contributed by atoms with Crippen LogP contribution < -0.4 is 4.90 Å². The first-order valence-electron chi connectivity index (χ1n) is 10.0. The molecular weight excluding hydrogens is 430 g/mol. The van der Waals surface area contributed by atoms with Crippen molar-refractivity contribution >= 4 is 39.0 Å². The predicted molar refractivity (Wildman–Crippen MR) is 121 cm³/mol. The average molecular weight is 449 g/mol. The maximum absolute atomic E-state index is 13.3. The molecule has 3 aromatic heterocycles. The first-order chi connectivity index (χ1) is 15.5. The Morgan fingerprint density at radius 2 is 1.84 bits per heavy atom. The summed E-state index contributed by atoms with van der Waals surface area (Å²) in [5.74, 6) is 0.797. The third-order valence-corrected chi connectivity index (χ3v) is 6.34. The fraction of sp³-hybridized carbons (Fsp3) is 0.238. The van der Waals surface area contributed by atoms with Crippen LogP contribution in [-0.4, -0.2) is 61.7 Å². The molecule has 10 nitrogen and oxygen atoms in total. The summed E-state index contributed by atoms with van der Waals surface area (Å²) in [6.07, 6.45) is 3.28. The summed E-state index contributed by atoms with van der Waals surface area (Å²) < 4.78 is 1.59. The Balaban J connectivity index is 1.35. The molecule has 5 rings (SSSR count). The lowest BCUT2D eigenvalue weighted by Crippen LogP contribution is -2.49. The number of aromatic nitrogens is 4. The zero-order valence-corrected chi connectivity index (χ0v) is 18.0. The Morgan fingerprint density at radius 3 is 2.56 bits per heavy atom. The van der Waals surface area contributed by atoms with E-state index in [9.17, 15) is 14.9 Å². The number of anilines is 1. The molecule has 1 fully saturated rings. The molecule has 162 valence electrons. The molecule has 0 radical (unpaired) electrons. The molecule has 0 spiro atoms. The molecule has 0 unspecified atom stereocenters. The highest BCUT2D eigenvalue weighted by molar-refractivity contribution is 7.16. The van der Waals surface area contributed by atoms with Crippen molar-refractivity contribution in [3.63, 3.8) is 0 Å². The van der Waals surface area contributed by atoms with Crippen LogP contribution in [0.3, 0.4) is 0 Å². The molecule has 0 N–H and O–H groups in total. The lowest BCUT2D eigenvalue weighted by atomic mass is 10.1. The van der Waals surface area contributed by atoms with E-state index in [1.807, 2.05) is 16.3 Å². The third-order valence-electron chi connectivity index (χ3n) is 5.52. The Kier molecular flexibility index (Phi) is 5.02. The minimum Gasteiger partial charge on any atom is -0.352 e. The minimum absolute atomic E-state index is 0.00173. The van der Waals surface area contributed by atoms with Gasteiger partial charge in [0.15, 0.2) is 0 Å². The van der Waals surface area contributed by atoms with Crippen LogP contribution in [0.4, 0.5) is 11.5 Å². The van der Waals surface area contributed by atoms with Crippen LogP contribution >= 0.6 is 11.3 Å². The van der Waals surface area contributed by atoms with E-state index < -0.39 is 4.92 Å². The van der Waals surface area contributed by atoms with Crippen LogP contribution in [0.5, 0.6) is 0 Å². The third kappa shape index (κ3) is 3.56. The second-order valence-corrected chi connectivity index (χ2v) is 8.38. The van der Waals surface area contributed by atoms with E-state index in [0.29, 0.717) is 43.0 Å². The van der Waals surface area contributed by atoms with Gasteiger partial charge in [0, 0.05) is 57.1 Å². The van der Waals surface area contributed by atoms with E-state index in [1.165, 1.54) is 12.1 Å². The molecule has 1 amide bonds. The standard InChI is InChI=1S/C21H19N7O3S/c1-25-12-17(18(24-25)14-2-4-15(5-3-14)28(30)31)21(29)27-9-7-26(8-10-27)19-16-6-11-32-20(16)23-13-22-19/h2-6,11-13H,7-10H2,1H3. The maximum atomic E-state index is 13.3. The lowest BCUT2D eigenvalue weighted by Gasteiger charge is -2.35. The number of amides is 1. The molecule has 0 bridgehead atoms. The number of nitro benzene ring substituents is 1. The Labute approximate surface area is 186 Å². The van der Waals surface area contributed by atoms with Gasteiger partial charge in [-0.1, -0.05) is 0 Å². The van der Waals surface area contributed by atoms with Crippen molar-refractivity contribution in [2.24, 2.45) is 7.05 Å². The molecule has 11 heteroatoms. The van der Waals surface area contributed by atoms with Gasteiger partial charge in [-0.25, -0.2) is 9.97 Å². The highest BCUT2D eigenvalue weighted by Gasteiger charge is 2.27. The molecule has 1 aliphatic heterocycles.